The third kappa shape index (κ3) is 3.60. The predicted octanol–water partition coefficient (Wildman–Crippen LogP) is 2.88. The lowest BCUT2D eigenvalue weighted by atomic mass is 10.1. The second-order valence-electron chi connectivity index (χ2n) is 4.39. The Labute approximate surface area is 121 Å². The third-order valence-electron chi connectivity index (χ3n) is 2.95. The minimum atomic E-state index is -0.947. The highest BCUT2D eigenvalue weighted by Crippen LogP contribution is 2.20. The Morgan fingerprint density at radius 2 is 2.20 bits per heavy atom. The van der Waals surface area contributed by atoms with Gasteiger partial charge in [0.2, 0.25) is 0 Å². The van der Waals surface area contributed by atoms with Crippen molar-refractivity contribution in [3.05, 3.63) is 30.1 Å². The van der Waals surface area contributed by atoms with Gasteiger partial charge in [-0.2, -0.15) is 11.8 Å². The van der Waals surface area contributed by atoms with Crippen LogP contribution in [0.2, 0.25) is 0 Å². The first-order chi connectivity index (χ1) is 9.72. The molecule has 0 unspecified atom stereocenters. The number of anilines is 1. The summed E-state index contributed by atoms with van der Waals surface area (Å²) in [6, 6.07) is 4.90. The van der Waals surface area contributed by atoms with Gasteiger partial charge in [-0.3, -0.25) is 0 Å². The molecule has 0 bridgehead atoms. The van der Waals surface area contributed by atoms with Crippen molar-refractivity contribution in [1.29, 1.82) is 0 Å². The summed E-state index contributed by atoms with van der Waals surface area (Å²) in [5.41, 5.74) is 0.883. The molecule has 0 radical (unpaired) electrons. The maximum atomic E-state index is 10.9. The van der Waals surface area contributed by atoms with E-state index >= 15 is 0 Å². The lowest BCUT2D eigenvalue weighted by molar-refractivity contribution is 0.0697. The standard InChI is InChI=1S/C14H17N3O2S/c1-20-7-3-2-6-15-13-11-5-4-10(14(18)19)8-12(11)16-9-17-13/h4-5,8-9H,2-3,6-7H2,1H3,(H,18,19)(H,15,16,17). The van der Waals surface area contributed by atoms with Gasteiger partial charge in [-0.25, -0.2) is 14.8 Å². The minimum absolute atomic E-state index is 0.238. The van der Waals surface area contributed by atoms with Crippen LogP contribution in [0.3, 0.4) is 0 Å². The van der Waals surface area contributed by atoms with Crippen LogP contribution in [-0.2, 0) is 0 Å². The third-order valence-corrected chi connectivity index (χ3v) is 3.65. The van der Waals surface area contributed by atoms with E-state index in [-0.39, 0.29) is 5.56 Å². The molecule has 0 spiro atoms. The van der Waals surface area contributed by atoms with Gasteiger partial charge in [-0.05, 0) is 43.0 Å². The van der Waals surface area contributed by atoms with Crippen molar-refractivity contribution in [3.63, 3.8) is 0 Å². The van der Waals surface area contributed by atoms with E-state index in [2.05, 4.69) is 21.5 Å². The fourth-order valence-electron chi connectivity index (χ4n) is 1.91. The summed E-state index contributed by atoms with van der Waals surface area (Å²) in [4.78, 5) is 19.3. The van der Waals surface area contributed by atoms with Gasteiger partial charge in [0.05, 0.1) is 11.1 Å². The van der Waals surface area contributed by atoms with Gasteiger partial charge in [0, 0.05) is 11.9 Å². The van der Waals surface area contributed by atoms with Gasteiger partial charge in [0.15, 0.2) is 0 Å². The molecule has 2 aromatic rings. The van der Waals surface area contributed by atoms with Crippen LogP contribution in [0.25, 0.3) is 10.9 Å². The molecule has 0 aliphatic heterocycles. The quantitative estimate of drug-likeness (QED) is 0.764. The van der Waals surface area contributed by atoms with Crippen LogP contribution in [0, 0.1) is 0 Å². The van der Waals surface area contributed by atoms with Crippen molar-refractivity contribution in [2.75, 3.05) is 23.9 Å². The maximum absolute atomic E-state index is 10.9. The van der Waals surface area contributed by atoms with Crippen molar-refractivity contribution in [1.82, 2.24) is 9.97 Å². The molecule has 0 saturated carbocycles. The first kappa shape index (κ1) is 14.6. The summed E-state index contributed by atoms with van der Waals surface area (Å²) in [5.74, 6) is 0.974. The maximum Gasteiger partial charge on any atom is 0.335 e. The van der Waals surface area contributed by atoms with E-state index in [0.29, 0.717) is 5.52 Å². The van der Waals surface area contributed by atoms with Gasteiger partial charge < -0.3 is 10.4 Å². The highest BCUT2D eigenvalue weighted by atomic mass is 32.2. The lowest BCUT2D eigenvalue weighted by Gasteiger charge is -2.08. The van der Waals surface area contributed by atoms with E-state index < -0.39 is 5.97 Å². The van der Waals surface area contributed by atoms with Gasteiger partial charge in [-0.15, -0.1) is 0 Å². The largest absolute Gasteiger partial charge is 0.478 e. The zero-order chi connectivity index (χ0) is 14.4. The molecule has 0 saturated heterocycles. The molecule has 2 rings (SSSR count). The van der Waals surface area contributed by atoms with E-state index in [1.165, 1.54) is 12.7 Å². The van der Waals surface area contributed by atoms with E-state index in [4.69, 9.17) is 5.11 Å². The Kier molecular flexibility index (Phi) is 5.17. The number of aromatic carboxylic acids is 1. The number of carboxylic acids is 1. The summed E-state index contributed by atoms with van der Waals surface area (Å²) < 4.78 is 0. The van der Waals surface area contributed by atoms with Crippen LogP contribution in [0.4, 0.5) is 5.82 Å². The van der Waals surface area contributed by atoms with Crippen LogP contribution in [-0.4, -0.2) is 39.6 Å². The average molecular weight is 291 g/mol. The zero-order valence-corrected chi connectivity index (χ0v) is 12.1. The Hall–Kier alpha value is -1.82. The normalized spacial score (nSPS) is 10.7. The van der Waals surface area contributed by atoms with Gasteiger partial charge >= 0.3 is 5.97 Å². The molecular weight excluding hydrogens is 274 g/mol. The van der Waals surface area contributed by atoms with E-state index in [0.717, 1.165) is 29.9 Å². The van der Waals surface area contributed by atoms with Crippen LogP contribution >= 0.6 is 11.8 Å². The number of rotatable bonds is 7. The molecule has 106 valence electrons. The fourth-order valence-corrected chi connectivity index (χ4v) is 2.40. The van der Waals surface area contributed by atoms with Crippen LogP contribution < -0.4 is 5.32 Å². The molecule has 1 aromatic carbocycles. The Morgan fingerprint density at radius 3 is 2.95 bits per heavy atom. The highest BCUT2D eigenvalue weighted by molar-refractivity contribution is 7.98. The summed E-state index contributed by atoms with van der Waals surface area (Å²) in [7, 11) is 0. The number of carbonyl (C=O) groups is 1. The summed E-state index contributed by atoms with van der Waals surface area (Å²) in [6.45, 7) is 0.855. The predicted molar refractivity (Wildman–Crippen MR) is 82.6 cm³/mol. The SMILES string of the molecule is CSCCCCNc1ncnc2cc(C(=O)O)ccc12. The highest BCUT2D eigenvalue weighted by Gasteiger charge is 2.07. The van der Waals surface area contributed by atoms with Crippen molar-refractivity contribution in [2.45, 2.75) is 12.8 Å². The van der Waals surface area contributed by atoms with Crippen molar-refractivity contribution in [3.8, 4) is 0 Å². The van der Waals surface area contributed by atoms with Crippen LogP contribution in [0.15, 0.2) is 24.5 Å². The first-order valence-corrected chi connectivity index (χ1v) is 7.82. The molecule has 6 heteroatoms. The van der Waals surface area contributed by atoms with Crippen molar-refractivity contribution in [2.24, 2.45) is 0 Å². The molecule has 0 aliphatic rings. The van der Waals surface area contributed by atoms with Gasteiger partial charge in [0.1, 0.15) is 12.1 Å². The number of thioether (sulfide) groups is 1. The Morgan fingerprint density at radius 1 is 1.35 bits per heavy atom. The Bertz CT molecular complexity index is 604. The summed E-state index contributed by atoms with van der Waals surface area (Å²) >= 11 is 1.85. The molecule has 0 amide bonds. The molecule has 0 atom stereocenters. The topological polar surface area (TPSA) is 75.1 Å². The molecule has 0 aliphatic carbocycles. The number of hydrogen-bond acceptors (Lipinski definition) is 5. The molecule has 1 heterocycles. The number of nitrogens with zero attached hydrogens (tertiary/aromatic N) is 2. The molecule has 0 fully saturated rings. The minimum Gasteiger partial charge on any atom is -0.478 e. The van der Waals surface area contributed by atoms with E-state index in [9.17, 15) is 4.79 Å². The summed E-state index contributed by atoms with van der Waals surface area (Å²) in [6.07, 6.45) is 5.81. The second-order valence-corrected chi connectivity index (χ2v) is 5.37. The molecule has 1 aromatic heterocycles. The lowest BCUT2D eigenvalue weighted by Crippen LogP contribution is -2.05. The zero-order valence-electron chi connectivity index (χ0n) is 11.3. The average Bonchev–Trinajstić information content (AvgIpc) is 2.46. The molecule has 5 nitrogen and oxygen atoms in total. The smallest absolute Gasteiger partial charge is 0.335 e. The molecule has 20 heavy (non-hydrogen) atoms. The van der Waals surface area contributed by atoms with E-state index in [1.807, 2.05) is 11.8 Å². The number of carboxylic acid groups (broad SMARTS) is 1. The van der Waals surface area contributed by atoms with Crippen LogP contribution in [0.1, 0.15) is 23.2 Å². The van der Waals surface area contributed by atoms with Crippen molar-refractivity contribution < 1.29 is 9.90 Å². The number of nitrogens with one attached hydrogen (secondary N) is 1. The first-order valence-electron chi connectivity index (χ1n) is 6.43. The fraction of sp³-hybridized carbons (Fsp3) is 0.357. The number of unbranched alkanes of at least 4 members (excludes halogenated alkanes) is 1. The van der Waals surface area contributed by atoms with E-state index in [1.54, 1.807) is 18.2 Å². The number of benzene rings is 1. The monoisotopic (exact) mass is 291 g/mol. The summed E-state index contributed by atoms with van der Waals surface area (Å²) in [5, 5.41) is 13.1. The number of aromatic nitrogens is 2. The molecule has 2 N–H and O–H groups in total. The Balaban J connectivity index is 2.11. The van der Waals surface area contributed by atoms with Crippen molar-refractivity contribution >= 4 is 34.5 Å². The van der Waals surface area contributed by atoms with Gasteiger partial charge in [0.25, 0.3) is 0 Å². The molecular formula is C14H17N3O2S. The van der Waals surface area contributed by atoms with Crippen LogP contribution in [0.5, 0.6) is 0 Å². The second kappa shape index (κ2) is 7.09. The van der Waals surface area contributed by atoms with Gasteiger partial charge in [-0.1, -0.05) is 0 Å². The number of fused-ring (bicyclic) bond motifs is 1. The number of hydrogen-bond donors (Lipinski definition) is 2.